The first-order chi connectivity index (χ1) is 15.5. The van der Waals surface area contributed by atoms with Crippen molar-refractivity contribution >= 4 is 11.7 Å². The molecule has 8 nitrogen and oxygen atoms in total. The molecule has 2 aromatic rings. The smallest absolute Gasteiger partial charge is 0.337 e. The molecule has 0 unspecified atom stereocenters. The van der Waals surface area contributed by atoms with Crippen LogP contribution in [0.2, 0.25) is 0 Å². The zero-order valence-corrected chi connectivity index (χ0v) is 18.5. The van der Waals surface area contributed by atoms with Crippen molar-refractivity contribution in [2.24, 2.45) is 0 Å². The van der Waals surface area contributed by atoms with Gasteiger partial charge in [-0.2, -0.15) is 5.26 Å². The molecule has 8 heteroatoms. The number of pyridine rings is 1. The predicted octanol–water partition coefficient (Wildman–Crippen LogP) is 3.96. The Morgan fingerprint density at radius 2 is 2.16 bits per heavy atom. The molecule has 0 saturated heterocycles. The van der Waals surface area contributed by atoms with E-state index in [1.54, 1.807) is 31.3 Å². The van der Waals surface area contributed by atoms with E-state index < -0.39 is 11.9 Å². The van der Waals surface area contributed by atoms with Crippen LogP contribution in [0.25, 0.3) is 4.85 Å². The van der Waals surface area contributed by atoms with E-state index in [9.17, 15) is 10.1 Å². The zero-order chi connectivity index (χ0) is 23.3. The van der Waals surface area contributed by atoms with Crippen molar-refractivity contribution < 1.29 is 19.0 Å². The van der Waals surface area contributed by atoms with Crippen LogP contribution in [0.15, 0.2) is 35.7 Å². The number of allylic oxidation sites excluding steroid dienone is 1. The third kappa shape index (κ3) is 4.21. The SMILES string of the molecule is [C-]#[N+]CCOC(=O)C1=C(C)Nc2c(C)cnc(OCC)c2[C@@H]1c1ccc(C#N)cc1OC. The number of ether oxygens (including phenoxy) is 3. The van der Waals surface area contributed by atoms with Crippen LogP contribution in [-0.4, -0.2) is 37.8 Å². The summed E-state index contributed by atoms with van der Waals surface area (Å²) in [6, 6.07) is 7.20. The summed E-state index contributed by atoms with van der Waals surface area (Å²) in [7, 11) is 1.52. The van der Waals surface area contributed by atoms with Crippen LogP contribution in [0.5, 0.6) is 11.6 Å². The molecule has 1 N–H and O–H groups in total. The number of hydrogen-bond donors (Lipinski definition) is 1. The van der Waals surface area contributed by atoms with Gasteiger partial charge in [-0.1, -0.05) is 6.07 Å². The molecule has 1 aliphatic heterocycles. The molecule has 32 heavy (non-hydrogen) atoms. The Morgan fingerprint density at radius 3 is 2.81 bits per heavy atom. The van der Waals surface area contributed by atoms with Crippen LogP contribution >= 0.6 is 0 Å². The fourth-order valence-electron chi connectivity index (χ4n) is 3.77. The number of methoxy groups -OCH3 is 1. The van der Waals surface area contributed by atoms with Crippen LogP contribution in [0.3, 0.4) is 0 Å². The van der Waals surface area contributed by atoms with Gasteiger partial charge < -0.3 is 24.4 Å². The number of carbonyl (C=O) groups excluding carboxylic acids is 1. The molecule has 0 radical (unpaired) electrons. The topological polar surface area (TPSA) is 97.8 Å². The molecule has 3 rings (SSSR count). The molecule has 1 aromatic heterocycles. The lowest BCUT2D eigenvalue weighted by atomic mass is 9.79. The third-order valence-corrected chi connectivity index (χ3v) is 5.17. The van der Waals surface area contributed by atoms with Gasteiger partial charge >= 0.3 is 5.97 Å². The average Bonchev–Trinajstić information content (AvgIpc) is 2.80. The number of rotatable bonds is 7. The van der Waals surface area contributed by atoms with Gasteiger partial charge in [-0.15, -0.1) is 0 Å². The summed E-state index contributed by atoms with van der Waals surface area (Å²) in [5.41, 5.74) is 4.50. The fourth-order valence-corrected chi connectivity index (χ4v) is 3.77. The highest BCUT2D eigenvalue weighted by molar-refractivity contribution is 5.95. The number of hydrogen-bond acceptors (Lipinski definition) is 7. The van der Waals surface area contributed by atoms with Crippen molar-refractivity contribution in [1.82, 2.24) is 4.98 Å². The maximum atomic E-state index is 13.2. The second-order valence-corrected chi connectivity index (χ2v) is 7.15. The maximum absolute atomic E-state index is 13.2. The highest BCUT2D eigenvalue weighted by Gasteiger charge is 2.38. The molecule has 1 atom stereocenters. The van der Waals surface area contributed by atoms with Crippen molar-refractivity contribution in [3.63, 3.8) is 0 Å². The molecule has 0 amide bonds. The molecule has 0 spiro atoms. The van der Waals surface area contributed by atoms with E-state index in [4.69, 9.17) is 20.8 Å². The Hall–Kier alpha value is -4.04. The molecule has 1 aromatic carbocycles. The number of benzene rings is 1. The van der Waals surface area contributed by atoms with Crippen molar-refractivity contribution in [3.05, 3.63) is 69.3 Å². The second-order valence-electron chi connectivity index (χ2n) is 7.15. The number of fused-ring (bicyclic) bond motifs is 1. The normalized spacial score (nSPS) is 14.5. The minimum absolute atomic E-state index is 0.00637. The van der Waals surface area contributed by atoms with Gasteiger partial charge in [-0.3, -0.25) is 0 Å². The molecule has 0 fully saturated rings. The highest BCUT2D eigenvalue weighted by atomic mass is 16.5. The molecule has 0 saturated carbocycles. The number of anilines is 1. The predicted molar refractivity (Wildman–Crippen MR) is 118 cm³/mol. The standard InChI is InChI=1S/C24H24N4O4/c1-6-31-23-21-20(17-8-7-16(12-25)11-18(17)30-5)19(24(29)32-10-9-26-4)15(3)28-22(21)14(2)13-27-23/h7-8,11,13,20,28H,6,9-10H2,1-3,5H3/t20-/m1/s1. The molecule has 164 valence electrons. The summed E-state index contributed by atoms with van der Waals surface area (Å²) < 4.78 is 16.8. The summed E-state index contributed by atoms with van der Waals surface area (Å²) in [5, 5.41) is 12.6. The van der Waals surface area contributed by atoms with E-state index in [0.29, 0.717) is 46.2 Å². The van der Waals surface area contributed by atoms with E-state index in [-0.39, 0.29) is 13.2 Å². The number of nitriles is 1. The Kier molecular flexibility index (Phi) is 6.97. The Labute approximate surface area is 187 Å². The first kappa shape index (κ1) is 22.6. The van der Waals surface area contributed by atoms with Gasteiger partial charge in [0.05, 0.1) is 48.1 Å². The quantitative estimate of drug-likeness (QED) is 0.402. The minimum Gasteiger partial charge on any atom is -0.496 e. The van der Waals surface area contributed by atoms with Crippen molar-refractivity contribution in [1.29, 1.82) is 5.26 Å². The Balaban J connectivity index is 2.28. The van der Waals surface area contributed by atoms with Gasteiger partial charge in [0.1, 0.15) is 5.75 Å². The first-order valence-electron chi connectivity index (χ1n) is 10.1. The molecular weight excluding hydrogens is 408 g/mol. The van der Waals surface area contributed by atoms with E-state index in [1.165, 1.54) is 7.11 Å². The fraction of sp³-hybridized carbons (Fsp3) is 0.333. The van der Waals surface area contributed by atoms with Gasteiger partial charge in [0, 0.05) is 17.5 Å². The van der Waals surface area contributed by atoms with Crippen LogP contribution in [-0.2, 0) is 9.53 Å². The number of nitrogens with zero attached hydrogens (tertiary/aromatic N) is 3. The van der Waals surface area contributed by atoms with E-state index >= 15 is 0 Å². The zero-order valence-electron chi connectivity index (χ0n) is 18.5. The molecular formula is C24H24N4O4. The highest BCUT2D eigenvalue weighted by Crippen LogP contribution is 2.49. The van der Waals surface area contributed by atoms with Gasteiger partial charge in [-0.05, 0) is 38.5 Å². The monoisotopic (exact) mass is 432 g/mol. The van der Waals surface area contributed by atoms with Crippen LogP contribution in [0.1, 0.15) is 42.0 Å². The molecule has 0 aliphatic carbocycles. The van der Waals surface area contributed by atoms with Crippen LogP contribution in [0, 0.1) is 24.8 Å². The number of esters is 1. The number of aryl methyl sites for hydroxylation is 1. The van der Waals surface area contributed by atoms with Crippen LogP contribution in [0.4, 0.5) is 5.69 Å². The maximum Gasteiger partial charge on any atom is 0.337 e. The lowest BCUT2D eigenvalue weighted by Gasteiger charge is -2.32. The van der Waals surface area contributed by atoms with Gasteiger partial charge in [0.25, 0.3) is 0 Å². The summed E-state index contributed by atoms with van der Waals surface area (Å²) in [4.78, 5) is 20.9. The van der Waals surface area contributed by atoms with Crippen molar-refractivity contribution in [3.8, 4) is 17.7 Å². The van der Waals surface area contributed by atoms with Gasteiger partial charge in [0.2, 0.25) is 12.4 Å². The van der Waals surface area contributed by atoms with E-state index in [0.717, 1.165) is 11.3 Å². The van der Waals surface area contributed by atoms with Gasteiger partial charge in [-0.25, -0.2) is 16.4 Å². The lowest BCUT2D eigenvalue weighted by Crippen LogP contribution is -2.26. The molecule has 1 aliphatic rings. The summed E-state index contributed by atoms with van der Waals surface area (Å²) >= 11 is 0. The second kappa shape index (κ2) is 9.84. The molecule has 2 heterocycles. The van der Waals surface area contributed by atoms with Gasteiger partial charge in [0.15, 0.2) is 6.61 Å². The first-order valence-corrected chi connectivity index (χ1v) is 10.1. The summed E-state index contributed by atoms with van der Waals surface area (Å²) in [5.74, 6) is -0.283. The van der Waals surface area contributed by atoms with Crippen molar-refractivity contribution in [2.75, 3.05) is 32.2 Å². The van der Waals surface area contributed by atoms with Crippen molar-refractivity contribution in [2.45, 2.75) is 26.7 Å². The molecule has 0 bridgehead atoms. The van der Waals surface area contributed by atoms with Crippen LogP contribution < -0.4 is 14.8 Å². The summed E-state index contributed by atoms with van der Waals surface area (Å²) in [6.07, 6.45) is 1.72. The largest absolute Gasteiger partial charge is 0.496 e. The van der Waals surface area contributed by atoms with E-state index in [1.807, 2.05) is 13.8 Å². The average molecular weight is 432 g/mol. The number of carbonyl (C=O) groups is 1. The minimum atomic E-state index is -0.608. The number of nitrogens with one attached hydrogen (secondary N) is 1. The summed E-state index contributed by atoms with van der Waals surface area (Å²) in [6.45, 7) is 13.0. The number of aromatic nitrogens is 1. The van der Waals surface area contributed by atoms with E-state index in [2.05, 4.69) is 21.2 Å². The lowest BCUT2D eigenvalue weighted by molar-refractivity contribution is -0.138. The third-order valence-electron chi connectivity index (χ3n) is 5.17. The Bertz CT molecular complexity index is 1160. The Morgan fingerprint density at radius 1 is 1.38 bits per heavy atom.